The van der Waals surface area contributed by atoms with Gasteiger partial charge in [0.05, 0.1) is 0 Å². The zero-order chi connectivity index (χ0) is 40.9. The summed E-state index contributed by atoms with van der Waals surface area (Å²) >= 11 is 0. The number of rotatable bonds is 6. The molecule has 10 aromatic rings. The molecule has 4 aromatic heterocycles. The van der Waals surface area contributed by atoms with Crippen LogP contribution in [0, 0.1) is 24.3 Å². The maximum atomic E-state index is 4.49. The Kier molecular flexibility index (Phi) is 19.2. The zero-order valence-corrected chi connectivity index (χ0v) is 38.3. The molecule has 0 aliphatic heterocycles. The molecule has 4 nitrogen and oxygen atoms in total. The van der Waals surface area contributed by atoms with Gasteiger partial charge in [0.2, 0.25) is 0 Å². The molecule has 0 amide bonds. The number of pyridine rings is 4. The molecule has 0 aliphatic rings. The van der Waals surface area contributed by atoms with Crippen molar-refractivity contribution in [2.24, 2.45) is 0 Å². The Morgan fingerprint density at radius 3 is 1.03 bits per heavy atom. The average Bonchev–Trinajstić information content (AvgIpc) is 3.37. The molecule has 0 saturated carbocycles. The average molecular weight is 1150 g/mol. The third-order valence-corrected chi connectivity index (χ3v) is 9.01. The predicted molar refractivity (Wildman–Crippen MR) is 245 cm³/mol. The van der Waals surface area contributed by atoms with Crippen molar-refractivity contribution < 1.29 is 40.2 Å². The van der Waals surface area contributed by atoms with Crippen molar-refractivity contribution in [1.82, 2.24) is 19.9 Å². The minimum atomic E-state index is 0. The molecular weight excluding hydrogens is 1110 g/mol. The number of benzene rings is 6. The Morgan fingerprint density at radius 1 is 0.258 bits per heavy atom. The number of hydrogen-bond acceptors (Lipinski definition) is 4. The van der Waals surface area contributed by atoms with Crippen LogP contribution in [0.3, 0.4) is 0 Å². The van der Waals surface area contributed by atoms with Gasteiger partial charge in [0.1, 0.15) is 0 Å². The molecular formula is C56H40Ir2N4-4. The van der Waals surface area contributed by atoms with E-state index < -0.39 is 0 Å². The number of aromatic nitrogens is 4. The maximum absolute atomic E-state index is 4.49. The van der Waals surface area contributed by atoms with E-state index in [0.717, 1.165) is 50.6 Å². The molecule has 0 spiro atoms. The van der Waals surface area contributed by atoms with Crippen LogP contribution in [0.1, 0.15) is 0 Å². The van der Waals surface area contributed by atoms with E-state index in [1.165, 1.54) is 16.7 Å². The van der Waals surface area contributed by atoms with Gasteiger partial charge in [-0.2, -0.15) is 0 Å². The Morgan fingerprint density at radius 2 is 0.645 bits per heavy atom. The summed E-state index contributed by atoms with van der Waals surface area (Å²) in [6.07, 6.45) is 7.33. The molecule has 2 radical (unpaired) electrons. The summed E-state index contributed by atoms with van der Waals surface area (Å²) in [6, 6.07) is 84.7. The van der Waals surface area contributed by atoms with Crippen molar-refractivity contribution in [3.05, 3.63) is 267 Å². The van der Waals surface area contributed by atoms with Crippen LogP contribution in [0.2, 0.25) is 0 Å². The second-order valence-corrected chi connectivity index (χ2v) is 13.1. The molecule has 306 valence electrons. The van der Waals surface area contributed by atoms with Gasteiger partial charge in [0.25, 0.3) is 0 Å². The molecule has 0 bridgehead atoms. The summed E-state index contributed by atoms with van der Waals surface area (Å²) in [6.45, 7) is 0. The molecule has 0 unspecified atom stereocenters. The molecule has 0 aliphatic carbocycles. The van der Waals surface area contributed by atoms with Gasteiger partial charge in [0.15, 0.2) is 0 Å². The smallest absolute Gasteiger partial charge is 0.0239 e. The standard InChI is InChI=1S/2C17H12N.2C11H8N.2Ir/c1-3-7-14(8-4-1)16-11-12-18-17(13-16)15-9-5-2-6-10-15;1-3-7-14(8-4-1)16-11-12-17(18-13-16)15-9-5-2-6-10-15;2*1-2-6-10(7-3-1)11-8-4-5-9-12-11;;/h2*1-9,11-13H;2*1-6,8-9H;;/q4*-1;;. The van der Waals surface area contributed by atoms with Crippen LogP contribution in [0.25, 0.3) is 67.3 Å². The minimum Gasteiger partial charge on any atom is -0.305 e. The first-order valence-electron chi connectivity index (χ1n) is 19.5. The molecule has 4 heterocycles. The third-order valence-electron chi connectivity index (χ3n) is 9.01. The summed E-state index contributed by atoms with van der Waals surface area (Å²) in [7, 11) is 0. The van der Waals surface area contributed by atoms with Crippen molar-refractivity contribution in [2.75, 3.05) is 0 Å². The van der Waals surface area contributed by atoms with Gasteiger partial charge >= 0.3 is 0 Å². The van der Waals surface area contributed by atoms with Crippen LogP contribution >= 0.6 is 0 Å². The maximum Gasteiger partial charge on any atom is 0.0239 e. The van der Waals surface area contributed by atoms with Gasteiger partial charge < -0.3 is 19.9 Å². The molecule has 0 N–H and O–H groups in total. The summed E-state index contributed by atoms with van der Waals surface area (Å²) in [4.78, 5) is 17.3. The van der Waals surface area contributed by atoms with E-state index in [4.69, 9.17) is 0 Å². The predicted octanol–water partition coefficient (Wildman–Crippen LogP) is 13.5. The second-order valence-electron chi connectivity index (χ2n) is 13.1. The Balaban J connectivity index is 0.000000157. The monoisotopic (exact) mass is 1150 g/mol. The van der Waals surface area contributed by atoms with Crippen molar-refractivity contribution in [2.45, 2.75) is 0 Å². The van der Waals surface area contributed by atoms with Crippen molar-refractivity contribution in [1.29, 1.82) is 0 Å². The van der Waals surface area contributed by atoms with Crippen LogP contribution in [-0.2, 0) is 40.2 Å². The Labute approximate surface area is 392 Å². The molecule has 62 heavy (non-hydrogen) atoms. The van der Waals surface area contributed by atoms with Crippen LogP contribution in [0.5, 0.6) is 0 Å². The van der Waals surface area contributed by atoms with Gasteiger partial charge in [-0.3, -0.25) is 0 Å². The van der Waals surface area contributed by atoms with Gasteiger partial charge in [-0.25, -0.2) is 0 Å². The van der Waals surface area contributed by atoms with Crippen LogP contribution in [0.15, 0.2) is 243 Å². The summed E-state index contributed by atoms with van der Waals surface area (Å²) in [5.41, 5.74) is 12.7. The van der Waals surface area contributed by atoms with E-state index in [-0.39, 0.29) is 40.2 Å². The molecule has 0 fully saturated rings. The van der Waals surface area contributed by atoms with E-state index in [9.17, 15) is 0 Å². The Bertz CT molecular complexity index is 2430. The van der Waals surface area contributed by atoms with E-state index in [1.54, 1.807) is 12.4 Å². The van der Waals surface area contributed by atoms with Crippen LogP contribution < -0.4 is 0 Å². The topological polar surface area (TPSA) is 51.6 Å². The molecule has 6 aromatic carbocycles. The molecule has 10 rings (SSSR count). The normalized spacial score (nSPS) is 9.68. The fourth-order valence-electron chi connectivity index (χ4n) is 6.00. The van der Waals surface area contributed by atoms with E-state index in [2.05, 4.69) is 80.6 Å². The largest absolute Gasteiger partial charge is 0.305 e. The molecule has 0 saturated heterocycles. The summed E-state index contributed by atoms with van der Waals surface area (Å²) in [5, 5.41) is 0. The SMILES string of the molecule is [Ir].[Ir].[c-]1ccccc1-c1cc(-c2ccccc2)ccn1.[c-]1ccccc1-c1ccc(-c2ccccc2)cn1.[c-]1ccccc1-c1ccccn1.[c-]1ccccc1-c1ccccn1. The van der Waals surface area contributed by atoms with E-state index in [1.807, 2.05) is 194 Å². The van der Waals surface area contributed by atoms with Crippen LogP contribution in [0.4, 0.5) is 0 Å². The van der Waals surface area contributed by atoms with E-state index >= 15 is 0 Å². The fraction of sp³-hybridized carbons (Fsp3) is 0. The van der Waals surface area contributed by atoms with Gasteiger partial charge in [0, 0.05) is 65.0 Å². The van der Waals surface area contributed by atoms with Gasteiger partial charge in [-0.05, 0) is 63.2 Å². The van der Waals surface area contributed by atoms with Crippen LogP contribution in [-0.4, -0.2) is 19.9 Å². The van der Waals surface area contributed by atoms with Gasteiger partial charge in [-0.1, -0.05) is 103 Å². The second kappa shape index (κ2) is 25.8. The first-order chi connectivity index (χ1) is 29.8. The minimum absolute atomic E-state index is 0. The third kappa shape index (κ3) is 14.2. The first-order valence-corrected chi connectivity index (χ1v) is 19.5. The quantitative estimate of drug-likeness (QED) is 0.156. The van der Waals surface area contributed by atoms with Crippen molar-refractivity contribution >= 4 is 0 Å². The fourth-order valence-corrected chi connectivity index (χ4v) is 6.00. The van der Waals surface area contributed by atoms with E-state index in [0.29, 0.717) is 0 Å². The summed E-state index contributed by atoms with van der Waals surface area (Å²) in [5.74, 6) is 0. The van der Waals surface area contributed by atoms with Gasteiger partial charge in [-0.15, -0.1) is 144 Å². The first kappa shape index (κ1) is 46.3. The zero-order valence-electron chi connectivity index (χ0n) is 33.5. The molecule has 0 atom stereocenters. The number of hydrogen-bond donors (Lipinski definition) is 0. The number of nitrogens with zero attached hydrogens (tertiary/aromatic N) is 4. The molecule has 6 heteroatoms. The van der Waals surface area contributed by atoms with Crippen molar-refractivity contribution in [3.63, 3.8) is 0 Å². The van der Waals surface area contributed by atoms with Crippen molar-refractivity contribution in [3.8, 4) is 67.3 Å². The Hall–Kier alpha value is -6.78. The summed E-state index contributed by atoms with van der Waals surface area (Å²) < 4.78 is 0.